The molecule has 1 aromatic rings. The van der Waals surface area contributed by atoms with Crippen LogP contribution in [-0.4, -0.2) is 6.61 Å². The molecule has 0 fully saturated rings. The van der Waals surface area contributed by atoms with Crippen molar-refractivity contribution in [3.8, 4) is 5.75 Å². The molecule has 4 heteroatoms. The quantitative estimate of drug-likeness (QED) is 0.622. The van der Waals surface area contributed by atoms with Gasteiger partial charge in [-0.05, 0) is 42.7 Å². The molecular weight excluding hydrogens is 303 g/mol. The summed E-state index contributed by atoms with van der Waals surface area (Å²) < 4.78 is 5.74. The van der Waals surface area contributed by atoms with Crippen LogP contribution in [0.3, 0.4) is 0 Å². The third-order valence-corrected chi connectivity index (χ3v) is 3.26. The Morgan fingerprint density at radius 3 is 2.58 bits per heavy atom. The lowest BCUT2D eigenvalue weighted by Gasteiger charge is -2.14. The Balaban J connectivity index is 3.03. The van der Waals surface area contributed by atoms with Gasteiger partial charge >= 0.3 is 0 Å². The number of rotatable bonds is 6. The number of hydrogen-bond acceptors (Lipinski definition) is 1. The first-order valence-corrected chi connectivity index (χ1v) is 7.21. The predicted octanol–water partition coefficient (Wildman–Crippen LogP) is 6.02. The minimum Gasteiger partial charge on any atom is -0.489 e. The molecule has 1 rings (SSSR count). The minimum atomic E-state index is 0.189. The maximum Gasteiger partial charge on any atom is 0.121 e. The van der Waals surface area contributed by atoms with Gasteiger partial charge in [-0.3, -0.25) is 0 Å². The van der Waals surface area contributed by atoms with Crippen LogP contribution in [0, 0.1) is 0 Å². The lowest BCUT2D eigenvalue weighted by Crippen LogP contribution is -1.98. The summed E-state index contributed by atoms with van der Waals surface area (Å²) >= 11 is 17.4. The topological polar surface area (TPSA) is 9.23 Å². The second-order valence-corrected chi connectivity index (χ2v) is 5.68. The molecule has 0 atom stereocenters. The summed E-state index contributed by atoms with van der Waals surface area (Å²) in [7, 11) is 0. The van der Waals surface area contributed by atoms with Crippen LogP contribution in [0.25, 0.3) is 5.57 Å². The highest BCUT2D eigenvalue weighted by atomic mass is 35.5. The van der Waals surface area contributed by atoms with Crippen molar-refractivity contribution in [2.45, 2.75) is 26.7 Å². The van der Waals surface area contributed by atoms with E-state index in [0.717, 1.165) is 29.5 Å². The fraction of sp³-hybridized carbons (Fsp3) is 0.333. The van der Waals surface area contributed by atoms with Crippen molar-refractivity contribution in [3.63, 3.8) is 0 Å². The molecule has 0 bridgehead atoms. The smallest absolute Gasteiger partial charge is 0.121 e. The average molecular weight is 320 g/mol. The normalized spacial score (nSPS) is 10.2. The Bertz CT molecular complexity index is 488. The number of hydrogen-bond donors (Lipinski definition) is 0. The van der Waals surface area contributed by atoms with E-state index >= 15 is 0 Å². The van der Waals surface area contributed by atoms with Crippen LogP contribution in [-0.2, 0) is 6.42 Å². The van der Waals surface area contributed by atoms with Gasteiger partial charge < -0.3 is 4.74 Å². The molecule has 104 valence electrons. The molecule has 19 heavy (non-hydrogen) atoms. The van der Waals surface area contributed by atoms with Crippen molar-refractivity contribution < 1.29 is 4.74 Å². The van der Waals surface area contributed by atoms with E-state index in [-0.39, 0.29) is 4.49 Å². The van der Waals surface area contributed by atoms with E-state index in [0.29, 0.717) is 17.4 Å². The molecule has 0 saturated heterocycles. The van der Waals surface area contributed by atoms with Crippen molar-refractivity contribution in [2.75, 3.05) is 6.61 Å². The zero-order chi connectivity index (χ0) is 14.4. The van der Waals surface area contributed by atoms with Crippen LogP contribution in [0.15, 0.2) is 29.3 Å². The fourth-order valence-corrected chi connectivity index (χ4v) is 2.21. The summed E-state index contributed by atoms with van der Waals surface area (Å²) in [4.78, 5) is 0. The van der Waals surface area contributed by atoms with E-state index in [2.05, 4.69) is 13.5 Å². The van der Waals surface area contributed by atoms with Gasteiger partial charge in [-0.25, -0.2) is 0 Å². The highest BCUT2D eigenvalue weighted by molar-refractivity contribution is 6.55. The zero-order valence-electron chi connectivity index (χ0n) is 11.1. The number of benzene rings is 1. The second-order valence-electron chi connectivity index (χ2n) is 4.27. The fourth-order valence-electron chi connectivity index (χ4n) is 1.78. The molecule has 0 aliphatic carbocycles. The highest BCUT2D eigenvalue weighted by Gasteiger charge is 2.10. The van der Waals surface area contributed by atoms with Crippen molar-refractivity contribution in [3.05, 3.63) is 45.4 Å². The van der Waals surface area contributed by atoms with Crippen molar-refractivity contribution >= 4 is 40.4 Å². The maximum absolute atomic E-state index is 6.31. The monoisotopic (exact) mass is 318 g/mol. The predicted molar refractivity (Wildman–Crippen MR) is 85.4 cm³/mol. The summed E-state index contributed by atoms with van der Waals surface area (Å²) in [6.45, 7) is 8.38. The van der Waals surface area contributed by atoms with Crippen molar-refractivity contribution in [1.82, 2.24) is 0 Å². The Labute approximate surface area is 129 Å². The summed E-state index contributed by atoms with van der Waals surface area (Å²) in [5.41, 5.74) is 3.14. The Kier molecular flexibility index (Phi) is 6.78. The van der Waals surface area contributed by atoms with E-state index in [4.69, 9.17) is 39.5 Å². The van der Waals surface area contributed by atoms with Gasteiger partial charge in [-0.2, -0.15) is 0 Å². The standard InChI is InChI=1S/C15H17Cl3O/c1-4-5-12-13(10(2)3)8-11(9-14(12)16)19-7-6-15(17)18/h6,8-9H,2,4-5,7H2,1,3H3. The maximum atomic E-state index is 6.31. The number of allylic oxidation sites excluding steroid dienone is 1. The molecule has 0 aromatic heterocycles. The molecule has 0 aliphatic heterocycles. The summed E-state index contributed by atoms with van der Waals surface area (Å²) in [6.07, 6.45) is 3.54. The summed E-state index contributed by atoms with van der Waals surface area (Å²) in [6, 6.07) is 3.77. The minimum absolute atomic E-state index is 0.189. The molecular formula is C15H17Cl3O. The molecule has 0 heterocycles. The second kappa shape index (κ2) is 7.84. The van der Waals surface area contributed by atoms with Gasteiger partial charge in [0.05, 0.1) is 0 Å². The number of ether oxygens (including phenoxy) is 1. The molecule has 0 spiro atoms. The molecule has 0 amide bonds. The van der Waals surface area contributed by atoms with E-state index in [1.807, 2.05) is 19.1 Å². The van der Waals surface area contributed by atoms with Gasteiger partial charge in [0.2, 0.25) is 0 Å². The van der Waals surface area contributed by atoms with Crippen LogP contribution in [0.1, 0.15) is 31.4 Å². The number of halogens is 3. The van der Waals surface area contributed by atoms with Crippen LogP contribution in [0.5, 0.6) is 5.75 Å². The van der Waals surface area contributed by atoms with Gasteiger partial charge in [0.1, 0.15) is 16.8 Å². The SMILES string of the molecule is C=C(C)c1cc(OCC=C(Cl)Cl)cc(Cl)c1CCC. The van der Waals surface area contributed by atoms with Crippen LogP contribution in [0.2, 0.25) is 5.02 Å². The van der Waals surface area contributed by atoms with E-state index in [1.54, 1.807) is 6.08 Å². The summed E-state index contributed by atoms with van der Waals surface area (Å²) in [5.74, 6) is 0.689. The first kappa shape index (κ1) is 16.4. The van der Waals surface area contributed by atoms with Crippen LogP contribution >= 0.6 is 34.8 Å². The van der Waals surface area contributed by atoms with E-state index in [9.17, 15) is 0 Å². The first-order chi connectivity index (χ1) is 8.95. The van der Waals surface area contributed by atoms with E-state index in [1.165, 1.54) is 0 Å². The lowest BCUT2D eigenvalue weighted by atomic mass is 9.98. The molecule has 0 unspecified atom stereocenters. The highest BCUT2D eigenvalue weighted by Crippen LogP contribution is 2.31. The first-order valence-electron chi connectivity index (χ1n) is 6.08. The molecule has 0 aliphatic rings. The Morgan fingerprint density at radius 1 is 1.37 bits per heavy atom. The molecule has 0 radical (unpaired) electrons. The summed E-state index contributed by atoms with van der Waals surface area (Å²) in [5, 5.41) is 0.707. The Hall–Kier alpha value is -0.630. The van der Waals surface area contributed by atoms with Crippen molar-refractivity contribution in [2.24, 2.45) is 0 Å². The average Bonchev–Trinajstić information content (AvgIpc) is 2.31. The van der Waals surface area contributed by atoms with Gasteiger partial charge in [0, 0.05) is 5.02 Å². The molecule has 0 saturated carbocycles. The molecule has 1 nitrogen and oxygen atoms in total. The molecule has 0 N–H and O–H groups in total. The van der Waals surface area contributed by atoms with Crippen LogP contribution < -0.4 is 4.74 Å². The van der Waals surface area contributed by atoms with Gasteiger partial charge in [-0.15, -0.1) is 0 Å². The van der Waals surface area contributed by atoms with Crippen molar-refractivity contribution in [1.29, 1.82) is 0 Å². The lowest BCUT2D eigenvalue weighted by molar-refractivity contribution is 0.362. The zero-order valence-corrected chi connectivity index (χ0v) is 13.4. The molecule has 1 aromatic carbocycles. The van der Waals surface area contributed by atoms with Gasteiger partial charge in [0.15, 0.2) is 0 Å². The van der Waals surface area contributed by atoms with E-state index < -0.39 is 0 Å². The Morgan fingerprint density at radius 2 is 2.05 bits per heavy atom. The largest absolute Gasteiger partial charge is 0.489 e. The van der Waals surface area contributed by atoms with Gasteiger partial charge in [-0.1, -0.05) is 60.3 Å². The van der Waals surface area contributed by atoms with Gasteiger partial charge in [0.25, 0.3) is 0 Å². The van der Waals surface area contributed by atoms with Crippen LogP contribution in [0.4, 0.5) is 0 Å². The third kappa shape index (κ3) is 5.10. The third-order valence-electron chi connectivity index (χ3n) is 2.62.